The van der Waals surface area contributed by atoms with Gasteiger partial charge in [0.05, 0.1) is 25.3 Å². The summed E-state index contributed by atoms with van der Waals surface area (Å²) in [6.45, 7) is 1.92. The molecule has 0 saturated heterocycles. The molecule has 62 valence electrons. The Labute approximate surface area is 71.6 Å². The molecule has 1 heterocycles. The van der Waals surface area contributed by atoms with Gasteiger partial charge in [-0.1, -0.05) is 0 Å². The van der Waals surface area contributed by atoms with Gasteiger partial charge in [-0.2, -0.15) is 5.26 Å². The van der Waals surface area contributed by atoms with E-state index in [-0.39, 0.29) is 0 Å². The lowest BCUT2D eigenvalue weighted by Gasteiger charge is -2.03. The molecule has 0 aliphatic heterocycles. The summed E-state index contributed by atoms with van der Waals surface area (Å²) in [4.78, 5) is 4.07. The molecule has 0 unspecified atom stereocenters. The van der Waals surface area contributed by atoms with Crippen LogP contribution in [0.3, 0.4) is 0 Å². The fourth-order valence-corrected chi connectivity index (χ4v) is 0.943. The van der Waals surface area contributed by atoms with Crippen LogP contribution in [0.4, 0.5) is 0 Å². The minimum Gasteiger partial charge on any atom is -0.496 e. The van der Waals surface area contributed by atoms with Gasteiger partial charge in [-0.05, 0) is 6.92 Å². The first-order valence-corrected chi connectivity index (χ1v) is 3.64. The van der Waals surface area contributed by atoms with Crippen LogP contribution in [-0.4, -0.2) is 12.1 Å². The van der Waals surface area contributed by atoms with E-state index in [0.717, 1.165) is 17.0 Å². The molecule has 1 rings (SSSR count). The van der Waals surface area contributed by atoms with Gasteiger partial charge in [0.1, 0.15) is 5.75 Å². The molecular weight excluding hydrogens is 152 g/mol. The van der Waals surface area contributed by atoms with Crippen LogP contribution in [-0.2, 0) is 6.42 Å². The van der Waals surface area contributed by atoms with E-state index in [0.29, 0.717) is 6.42 Å². The van der Waals surface area contributed by atoms with Gasteiger partial charge in [0.15, 0.2) is 0 Å². The summed E-state index contributed by atoms with van der Waals surface area (Å²) >= 11 is 0. The lowest BCUT2D eigenvalue weighted by Crippen LogP contribution is -1.93. The van der Waals surface area contributed by atoms with Gasteiger partial charge in [0.25, 0.3) is 0 Å². The van der Waals surface area contributed by atoms with E-state index in [1.54, 1.807) is 19.4 Å². The zero-order valence-corrected chi connectivity index (χ0v) is 7.16. The minimum absolute atomic E-state index is 0.330. The molecule has 1 aromatic heterocycles. The third-order valence-electron chi connectivity index (χ3n) is 1.59. The quantitative estimate of drug-likeness (QED) is 0.661. The number of pyridine rings is 1. The average Bonchev–Trinajstić information content (AvgIpc) is 2.09. The highest BCUT2D eigenvalue weighted by molar-refractivity contribution is 5.32. The van der Waals surface area contributed by atoms with Crippen LogP contribution in [0.1, 0.15) is 11.3 Å². The van der Waals surface area contributed by atoms with E-state index in [1.807, 2.05) is 13.0 Å². The van der Waals surface area contributed by atoms with Crippen LogP contribution in [0.5, 0.6) is 5.75 Å². The molecule has 0 fully saturated rings. The number of aromatic nitrogens is 1. The van der Waals surface area contributed by atoms with Crippen molar-refractivity contribution in [1.29, 1.82) is 5.26 Å². The van der Waals surface area contributed by atoms with Crippen molar-refractivity contribution in [3.63, 3.8) is 0 Å². The first-order chi connectivity index (χ1) is 5.77. The molecule has 0 bridgehead atoms. The topological polar surface area (TPSA) is 45.9 Å². The monoisotopic (exact) mass is 162 g/mol. The summed E-state index contributed by atoms with van der Waals surface area (Å²) in [5.41, 5.74) is 1.74. The van der Waals surface area contributed by atoms with Crippen molar-refractivity contribution >= 4 is 0 Å². The Kier molecular flexibility index (Phi) is 2.65. The molecule has 0 atom stereocenters. The van der Waals surface area contributed by atoms with Crippen LogP contribution in [0, 0.1) is 18.3 Å². The molecule has 3 nitrogen and oxygen atoms in total. The second kappa shape index (κ2) is 3.72. The zero-order valence-electron chi connectivity index (χ0n) is 7.16. The molecular formula is C9H10N2O. The first-order valence-electron chi connectivity index (χ1n) is 3.64. The van der Waals surface area contributed by atoms with E-state index in [9.17, 15) is 0 Å². The van der Waals surface area contributed by atoms with Crippen LogP contribution >= 0.6 is 0 Å². The van der Waals surface area contributed by atoms with Gasteiger partial charge < -0.3 is 4.74 Å². The van der Waals surface area contributed by atoms with Crippen LogP contribution in [0.2, 0.25) is 0 Å². The Hall–Kier alpha value is -1.56. The van der Waals surface area contributed by atoms with Crippen molar-refractivity contribution < 1.29 is 4.74 Å². The summed E-state index contributed by atoms with van der Waals surface area (Å²) in [5, 5.41) is 8.42. The number of methoxy groups -OCH3 is 1. The molecule has 12 heavy (non-hydrogen) atoms. The van der Waals surface area contributed by atoms with Crippen LogP contribution in [0.25, 0.3) is 0 Å². The molecule has 0 aromatic carbocycles. The van der Waals surface area contributed by atoms with Gasteiger partial charge in [-0.3, -0.25) is 4.98 Å². The maximum absolute atomic E-state index is 8.42. The van der Waals surface area contributed by atoms with Crippen molar-refractivity contribution in [3.8, 4) is 11.8 Å². The summed E-state index contributed by atoms with van der Waals surface area (Å²) in [6.07, 6.45) is 2.04. The second-order valence-electron chi connectivity index (χ2n) is 2.48. The number of aryl methyl sites for hydroxylation is 1. The molecule has 0 N–H and O–H groups in total. The third kappa shape index (κ3) is 1.73. The van der Waals surface area contributed by atoms with Crippen molar-refractivity contribution in [3.05, 3.63) is 23.5 Å². The van der Waals surface area contributed by atoms with E-state index >= 15 is 0 Å². The summed E-state index contributed by atoms with van der Waals surface area (Å²) in [7, 11) is 1.61. The highest BCUT2D eigenvalue weighted by Gasteiger charge is 2.00. The van der Waals surface area contributed by atoms with Gasteiger partial charge in [0.2, 0.25) is 0 Å². The number of hydrogen-bond donors (Lipinski definition) is 0. The van der Waals surface area contributed by atoms with Crippen molar-refractivity contribution in [1.82, 2.24) is 4.98 Å². The summed E-state index contributed by atoms with van der Waals surface area (Å²) in [5.74, 6) is 0.787. The third-order valence-corrected chi connectivity index (χ3v) is 1.59. The Balaban J connectivity index is 2.98. The molecule has 0 spiro atoms. The highest BCUT2D eigenvalue weighted by Crippen LogP contribution is 2.16. The SMILES string of the molecule is COc1cc(CC#N)ncc1C. The predicted molar refractivity (Wildman–Crippen MR) is 44.8 cm³/mol. The smallest absolute Gasteiger partial charge is 0.125 e. The Morgan fingerprint density at radius 1 is 1.67 bits per heavy atom. The summed E-state index contributed by atoms with van der Waals surface area (Å²) in [6, 6.07) is 3.83. The number of nitriles is 1. The molecule has 0 saturated carbocycles. The first kappa shape index (κ1) is 8.54. The van der Waals surface area contributed by atoms with Crippen LogP contribution in [0.15, 0.2) is 12.3 Å². The number of rotatable bonds is 2. The Morgan fingerprint density at radius 3 is 3.00 bits per heavy atom. The summed E-state index contributed by atoms with van der Waals surface area (Å²) < 4.78 is 5.08. The maximum Gasteiger partial charge on any atom is 0.125 e. The van der Waals surface area contributed by atoms with Gasteiger partial charge in [-0.15, -0.1) is 0 Å². The normalized spacial score (nSPS) is 9.08. The molecule has 0 aliphatic rings. The van der Waals surface area contributed by atoms with Gasteiger partial charge in [-0.25, -0.2) is 0 Å². The number of hydrogen-bond acceptors (Lipinski definition) is 3. The maximum atomic E-state index is 8.42. The van der Waals surface area contributed by atoms with E-state index in [1.165, 1.54) is 0 Å². The highest BCUT2D eigenvalue weighted by atomic mass is 16.5. The lowest BCUT2D eigenvalue weighted by molar-refractivity contribution is 0.410. The lowest BCUT2D eigenvalue weighted by atomic mass is 10.2. The molecule has 3 heteroatoms. The van der Waals surface area contributed by atoms with Gasteiger partial charge in [0, 0.05) is 17.8 Å². The molecule has 1 aromatic rings. The average molecular weight is 162 g/mol. The van der Waals surface area contributed by atoms with Gasteiger partial charge >= 0.3 is 0 Å². The predicted octanol–water partition coefficient (Wildman–Crippen LogP) is 1.46. The zero-order chi connectivity index (χ0) is 8.97. The van der Waals surface area contributed by atoms with E-state index < -0.39 is 0 Å². The number of nitrogens with zero attached hydrogens (tertiary/aromatic N) is 2. The van der Waals surface area contributed by atoms with E-state index in [4.69, 9.17) is 10.00 Å². The largest absolute Gasteiger partial charge is 0.496 e. The Bertz CT molecular complexity index is 315. The van der Waals surface area contributed by atoms with Crippen molar-refractivity contribution in [2.45, 2.75) is 13.3 Å². The minimum atomic E-state index is 0.330. The molecule has 0 aliphatic carbocycles. The fourth-order valence-electron chi connectivity index (χ4n) is 0.943. The molecule has 0 amide bonds. The molecule has 0 radical (unpaired) electrons. The second-order valence-corrected chi connectivity index (χ2v) is 2.48. The Morgan fingerprint density at radius 2 is 2.42 bits per heavy atom. The van der Waals surface area contributed by atoms with Crippen LogP contribution < -0.4 is 4.74 Å². The van der Waals surface area contributed by atoms with Crippen molar-refractivity contribution in [2.75, 3.05) is 7.11 Å². The van der Waals surface area contributed by atoms with Crippen molar-refractivity contribution in [2.24, 2.45) is 0 Å². The van der Waals surface area contributed by atoms with E-state index in [2.05, 4.69) is 4.98 Å². The fraction of sp³-hybridized carbons (Fsp3) is 0.333. The standard InChI is InChI=1S/C9H10N2O/c1-7-6-11-8(3-4-10)5-9(7)12-2/h5-6H,3H2,1-2H3. The number of ether oxygens (including phenoxy) is 1.